The Morgan fingerprint density at radius 2 is 2.14 bits per heavy atom. The van der Waals surface area contributed by atoms with Crippen LogP contribution in [0.2, 0.25) is 0 Å². The largest absolute Gasteiger partial charge is 0.508 e. The summed E-state index contributed by atoms with van der Waals surface area (Å²) in [5.74, 6) is 0.487. The molecule has 0 radical (unpaired) electrons. The fourth-order valence-corrected chi connectivity index (χ4v) is 3.95. The number of nitrogens with one attached hydrogen (secondary N) is 1. The number of hydrogen-bond acceptors (Lipinski definition) is 4. The minimum Gasteiger partial charge on any atom is -0.508 e. The van der Waals surface area contributed by atoms with Crippen molar-refractivity contribution in [3.05, 3.63) is 23.8 Å². The summed E-state index contributed by atoms with van der Waals surface area (Å²) < 4.78 is 0. The molecule has 1 aromatic carbocycles. The maximum Gasteiger partial charge on any atom is 0.244 e. The predicted octanol–water partition coefficient (Wildman–Crippen LogP) is 2.76. The smallest absolute Gasteiger partial charge is 0.244 e. The molecule has 5 heteroatoms. The summed E-state index contributed by atoms with van der Waals surface area (Å²) in [6.45, 7) is 3.91. The van der Waals surface area contributed by atoms with Gasteiger partial charge in [0.2, 0.25) is 5.91 Å². The third-order valence-electron chi connectivity index (χ3n) is 5.32. The number of nitrogens with zero attached hydrogens (tertiary/aromatic N) is 1. The molecule has 1 amide bonds. The van der Waals surface area contributed by atoms with Gasteiger partial charge in [0.1, 0.15) is 11.5 Å². The lowest BCUT2D eigenvalue weighted by molar-refractivity contribution is -0.123. The van der Waals surface area contributed by atoms with Crippen molar-refractivity contribution in [2.75, 3.05) is 0 Å². The lowest BCUT2D eigenvalue weighted by atomic mass is 9.90. The molecule has 22 heavy (non-hydrogen) atoms. The quantitative estimate of drug-likeness (QED) is 0.593. The molecule has 3 atom stereocenters. The molecule has 3 rings (SSSR count). The van der Waals surface area contributed by atoms with E-state index in [4.69, 9.17) is 0 Å². The Bertz CT molecular complexity index is 641. The number of carbonyl (C=O) groups is 1. The van der Waals surface area contributed by atoms with E-state index in [-0.39, 0.29) is 28.7 Å². The summed E-state index contributed by atoms with van der Waals surface area (Å²) in [7, 11) is 0. The van der Waals surface area contributed by atoms with E-state index in [1.165, 1.54) is 25.0 Å². The average Bonchev–Trinajstić information content (AvgIpc) is 3.10. The van der Waals surface area contributed by atoms with Crippen LogP contribution in [0, 0.1) is 17.3 Å². The van der Waals surface area contributed by atoms with E-state index in [9.17, 15) is 15.0 Å². The highest BCUT2D eigenvalue weighted by Gasteiger charge is 2.64. The second-order valence-corrected chi connectivity index (χ2v) is 6.71. The molecule has 5 nitrogen and oxygen atoms in total. The van der Waals surface area contributed by atoms with Crippen molar-refractivity contribution in [2.45, 2.75) is 39.5 Å². The minimum atomic E-state index is -0.0532. The number of aromatic hydroxyl groups is 2. The van der Waals surface area contributed by atoms with Crippen LogP contribution in [0.25, 0.3) is 0 Å². The molecule has 0 spiro atoms. The molecule has 0 heterocycles. The number of phenols is 2. The zero-order valence-corrected chi connectivity index (χ0v) is 13.0. The Morgan fingerprint density at radius 3 is 2.77 bits per heavy atom. The average molecular weight is 302 g/mol. The normalized spacial score (nSPS) is 30.5. The predicted molar refractivity (Wildman–Crippen MR) is 83.7 cm³/mol. The summed E-state index contributed by atoms with van der Waals surface area (Å²) in [6, 6.07) is 4.31. The van der Waals surface area contributed by atoms with Crippen molar-refractivity contribution >= 4 is 11.6 Å². The Balaban J connectivity index is 1.67. The molecule has 2 aliphatic carbocycles. The molecule has 0 bridgehead atoms. The number of hydrogen-bond donors (Lipinski definition) is 3. The van der Waals surface area contributed by atoms with Gasteiger partial charge in [0.15, 0.2) is 0 Å². The first-order valence-corrected chi connectivity index (χ1v) is 7.80. The number of phenolic OH excluding ortho intramolecular Hbond substituents is 2. The molecule has 118 valence electrons. The van der Waals surface area contributed by atoms with Gasteiger partial charge in [-0.05, 0) is 43.2 Å². The number of hydrazone groups is 1. The molecular weight excluding hydrogens is 280 g/mol. The molecule has 2 saturated carbocycles. The number of carbonyl (C=O) groups excluding carboxylic acids is 1. The first kappa shape index (κ1) is 14.9. The van der Waals surface area contributed by atoms with Crippen molar-refractivity contribution in [3.8, 4) is 11.5 Å². The van der Waals surface area contributed by atoms with Gasteiger partial charge in [0, 0.05) is 17.5 Å². The second kappa shape index (κ2) is 5.30. The molecule has 0 aromatic heterocycles. The van der Waals surface area contributed by atoms with E-state index in [2.05, 4.69) is 17.5 Å². The number of amides is 1. The van der Waals surface area contributed by atoms with Crippen LogP contribution in [0.15, 0.2) is 23.3 Å². The first-order valence-electron chi connectivity index (χ1n) is 7.80. The Hall–Kier alpha value is -2.04. The van der Waals surface area contributed by atoms with Crippen molar-refractivity contribution in [3.63, 3.8) is 0 Å². The van der Waals surface area contributed by atoms with Gasteiger partial charge >= 0.3 is 0 Å². The maximum atomic E-state index is 12.3. The van der Waals surface area contributed by atoms with Crippen LogP contribution >= 0.6 is 0 Å². The molecular formula is C17H22N2O3. The van der Waals surface area contributed by atoms with Crippen LogP contribution in [0.3, 0.4) is 0 Å². The van der Waals surface area contributed by atoms with Gasteiger partial charge in [-0.1, -0.05) is 19.8 Å². The molecule has 2 aliphatic rings. The zero-order valence-electron chi connectivity index (χ0n) is 13.0. The Kier molecular flexibility index (Phi) is 3.59. The summed E-state index contributed by atoms with van der Waals surface area (Å²) in [5, 5.41) is 23.2. The Labute approximate surface area is 130 Å². The standard InChI is InChI=1S/C17H22N2O3/c1-10(12-7-6-11(20)9-14(12)21)18-19-16(22)15-13-5-3-4-8-17(13,15)2/h6-7,9,13,15,20-21H,3-5,8H2,1-2H3,(H,19,22). The van der Waals surface area contributed by atoms with E-state index in [1.807, 2.05) is 0 Å². The van der Waals surface area contributed by atoms with E-state index in [0.29, 0.717) is 17.2 Å². The van der Waals surface area contributed by atoms with Gasteiger partial charge in [-0.3, -0.25) is 4.79 Å². The molecule has 0 saturated heterocycles. The second-order valence-electron chi connectivity index (χ2n) is 6.71. The summed E-state index contributed by atoms with van der Waals surface area (Å²) in [5.41, 5.74) is 3.81. The first-order chi connectivity index (χ1) is 10.4. The van der Waals surface area contributed by atoms with Crippen LogP contribution in [0.1, 0.15) is 45.1 Å². The summed E-state index contributed by atoms with van der Waals surface area (Å²) in [4.78, 5) is 12.3. The van der Waals surface area contributed by atoms with E-state index < -0.39 is 0 Å². The third-order valence-corrected chi connectivity index (χ3v) is 5.32. The van der Waals surface area contributed by atoms with E-state index in [0.717, 1.165) is 12.8 Å². The number of benzene rings is 1. The molecule has 3 N–H and O–H groups in total. The minimum absolute atomic E-state index is 0.00642. The van der Waals surface area contributed by atoms with Crippen molar-refractivity contribution in [2.24, 2.45) is 22.4 Å². The van der Waals surface area contributed by atoms with Crippen molar-refractivity contribution in [1.29, 1.82) is 0 Å². The van der Waals surface area contributed by atoms with Crippen molar-refractivity contribution < 1.29 is 15.0 Å². The highest BCUT2D eigenvalue weighted by Crippen LogP contribution is 2.66. The van der Waals surface area contributed by atoms with Crippen LogP contribution in [0.5, 0.6) is 11.5 Å². The van der Waals surface area contributed by atoms with Gasteiger partial charge in [-0.15, -0.1) is 0 Å². The van der Waals surface area contributed by atoms with Gasteiger partial charge in [-0.2, -0.15) is 5.10 Å². The van der Waals surface area contributed by atoms with Gasteiger partial charge < -0.3 is 10.2 Å². The maximum absolute atomic E-state index is 12.3. The summed E-state index contributed by atoms with van der Waals surface area (Å²) in [6.07, 6.45) is 4.68. The molecule has 0 aliphatic heterocycles. The van der Waals surface area contributed by atoms with E-state index in [1.54, 1.807) is 13.0 Å². The lowest BCUT2D eigenvalue weighted by Gasteiger charge is -2.15. The van der Waals surface area contributed by atoms with Crippen molar-refractivity contribution in [1.82, 2.24) is 5.43 Å². The molecule has 3 unspecified atom stereocenters. The van der Waals surface area contributed by atoms with E-state index >= 15 is 0 Å². The summed E-state index contributed by atoms with van der Waals surface area (Å²) >= 11 is 0. The lowest BCUT2D eigenvalue weighted by Crippen LogP contribution is -2.23. The Morgan fingerprint density at radius 1 is 1.36 bits per heavy atom. The zero-order chi connectivity index (χ0) is 15.9. The van der Waals surface area contributed by atoms with Gasteiger partial charge in [0.05, 0.1) is 5.71 Å². The third kappa shape index (κ3) is 2.45. The molecule has 2 fully saturated rings. The van der Waals surface area contributed by atoms with Crippen LogP contribution in [-0.2, 0) is 4.79 Å². The van der Waals surface area contributed by atoms with Crippen LogP contribution in [0.4, 0.5) is 0 Å². The SMILES string of the molecule is CC(=NNC(=O)C1C2CCCCC21C)c1ccc(O)cc1O. The van der Waals surface area contributed by atoms with Crippen LogP contribution < -0.4 is 5.43 Å². The topological polar surface area (TPSA) is 81.9 Å². The molecule has 1 aromatic rings. The highest BCUT2D eigenvalue weighted by atomic mass is 16.3. The fraction of sp³-hybridized carbons (Fsp3) is 0.529. The number of rotatable bonds is 3. The van der Waals surface area contributed by atoms with Gasteiger partial charge in [-0.25, -0.2) is 5.43 Å². The fourth-order valence-electron chi connectivity index (χ4n) is 3.95. The van der Waals surface area contributed by atoms with Crippen LogP contribution in [-0.4, -0.2) is 21.8 Å². The monoisotopic (exact) mass is 302 g/mol. The highest BCUT2D eigenvalue weighted by molar-refractivity contribution is 6.01. The van der Waals surface area contributed by atoms with Gasteiger partial charge in [0.25, 0.3) is 0 Å². The number of fused-ring (bicyclic) bond motifs is 1.